The zero-order valence-electron chi connectivity index (χ0n) is 15.3. The first-order valence-corrected chi connectivity index (χ1v) is 8.83. The zero-order valence-corrected chi connectivity index (χ0v) is 15.3. The molecule has 3 fully saturated rings. The van der Waals surface area contributed by atoms with E-state index in [1.54, 1.807) is 38.1 Å². The van der Waals surface area contributed by atoms with Crippen molar-refractivity contribution in [3.05, 3.63) is 35.9 Å². The highest BCUT2D eigenvalue weighted by Gasteiger charge is 2.60. The fourth-order valence-corrected chi connectivity index (χ4v) is 3.58. The van der Waals surface area contributed by atoms with Gasteiger partial charge in [0.15, 0.2) is 30.1 Å². The van der Waals surface area contributed by atoms with Gasteiger partial charge in [-0.05, 0) is 39.8 Å². The summed E-state index contributed by atoms with van der Waals surface area (Å²) < 4.78 is 35.1. The van der Waals surface area contributed by atoms with E-state index in [1.807, 2.05) is 19.9 Å². The number of carbonyl (C=O) groups is 1. The van der Waals surface area contributed by atoms with Crippen LogP contribution in [0.25, 0.3) is 0 Å². The number of carbonyl (C=O) groups excluding carboxylic acids is 1. The quantitative estimate of drug-likeness (QED) is 0.762. The number of esters is 1. The summed E-state index contributed by atoms with van der Waals surface area (Å²) in [5.41, 5.74) is 0.469. The summed E-state index contributed by atoms with van der Waals surface area (Å²) in [6.45, 7) is 7.63. The maximum atomic E-state index is 12.6. The van der Waals surface area contributed by atoms with Crippen LogP contribution in [-0.4, -0.2) is 54.9 Å². The summed E-state index contributed by atoms with van der Waals surface area (Å²) in [6.07, 6.45) is -2.70. The molecule has 4 rings (SSSR count). The molecular weight excluding hydrogens is 340 g/mol. The van der Waals surface area contributed by atoms with E-state index >= 15 is 0 Å². The lowest BCUT2D eigenvalue weighted by molar-refractivity contribution is -0.232. The standard InChI is InChI=1S/C19H24O7/c1-18(2)21-10-12(24-18)13-14(15-17(23-13)26-19(3,4)25-15)22-16(20)11-8-6-5-7-9-11/h5-9,12-15,17H,10H2,1-4H3/t12-,13-,14+,15-,17-/m1/s1. The fourth-order valence-electron chi connectivity index (χ4n) is 3.58. The summed E-state index contributed by atoms with van der Waals surface area (Å²) in [4.78, 5) is 12.6. The van der Waals surface area contributed by atoms with Gasteiger partial charge in [-0.3, -0.25) is 0 Å². The third-order valence-corrected chi connectivity index (χ3v) is 4.68. The van der Waals surface area contributed by atoms with Crippen molar-refractivity contribution in [2.24, 2.45) is 0 Å². The van der Waals surface area contributed by atoms with Gasteiger partial charge in [-0.2, -0.15) is 0 Å². The Morgan fingerprint density at radius 2 is 1.73 bits per heavy atom. The van der Waals surface area contributed by atoms with Gasteiger partial charge in [0.25, 0.3) is 0 Å². The zero-order chi connectivity index (χ0) is 18.5. The SMILES string of the molecule is CC1(C)O[C@H]2O[C@H]([C@H]3COC(C)(C)O3)[C@H](OC(=O)c3ccccc3)[C@H]2O1. The molecule has 1 aromatic carbocycles. The Morgan fingerprint density at radius 1 is 1.00 bits per heavy atom. The van der Waals surface area contributed by atoms with Crippen LogP contribution in [0.15, 0.2) is 30.3 Å². The second-order valence-corrected chi connectivity index (χ2v) is 7.67. The predicted molar refractivity (Wildman–Crippen MR) is 89.2 cm³/mol. The second kappa shape index (κ2) is 6.28. The van der Waals surface area contributed by atoms with Crippen molar-refractivity contribution in [3.8, 4) is 0 Å². The molecule has 7 heteroatoms. The third-order valence-electron chi connectivity index (χ3n) is 4.68. The number of hydrogen-bond acceptors (Lipinski definition) is 7. The molecule has 0 aliphatic carbocycles. The van der Waals surface area contributed by atoms with Crippen LogP contribution in [-0.2, 0) is 28.4 Å². The maximum Gasteiger partial charge on any atom is 0.338 e. The van der Waals surface area contributed by atoms with Gasteiger partial charge in [-0.1, -0.05) is 18.2 Å². The first-order chi connectivity index (χ1) is 12.2. The minimum atomic E-state index is -0.802. The average Bonchev–Trinajstić information content (AvgIpc) is 3.18. The van der Waals surface area contributed by atoms with E-state index in [0.29, 0.717) is 12.2 Å². The molecule has 0 aromatic heterocycles. The minimum absolute atomic E-state index is 0.347. The van der Waals surface area contributed by atoms with E-state index in [9.17, 15) is 4.79 Å². The van der Waals surface area contributed by atoms with Crippen LogP contribution in [0.4, 0.5) is 0 Å². The monoisotopic (exact) mass is 364 g/mol. The Labute approximate surface area is 152 Å². The highest BCUT2D eigenvalue weighted by molar-refractivity contribution is 5.89. The van der Waals surface area contributed by atoms with Crippen molar-refractivity contribution in [1.29, 1.82) is 0 Å². The van der Waals surface area contributed by atoms with E-state index in [0.717, 1.165) is 0 Å². The smallest absolute Gasteiger partial charge is 0.338 e. The molecule has 142 valence electrons. The second-order valence-electron chi connectivity index (χ2n) is 7.67. The van der Waals surface area contributed by atoms with Gasteiger partial charge < -0.3 is 28.4 Å². The fraction of sp³-hybridized carbons (Fsp3) is 0.632. The number of hydrogen-bond donors (Lipinski definition) is 0. The molecule has 3 aliphatic rings. The van der Waals surface area contributed by atoms with Gasteiger partial charge in [-0.15, -0.1) is 0 Å². The van der Waals surface area contributed by atoms with Gasteiger partial charge in [0, 0.05) is 0 Å². The summed E-state index contributed by atoms with van der Waals surface area (Å²) in [5, 5.41) is 0. The number of fused-ring (bicyclic) bond motifs is 1. The highest BCUT2D eigenvalue weighted by Crippen LogP contribution is 2.42. The molecule has 0 N–H and O–H groups in total. The molecule has 5 atom stereocenters. The maximum absolute atomic E-state index is 12.6. The van der Waals surface area contributed by atoms with E-state index in [2.05, 4.69) is 0 Å². The Balaban J connectivity index is 1.55. The molecule has 3 saturated heterocycles. The molecule has 0 spiro atoms. The lowest BCUT2D eigenvalue weighted by atomic mass is 10.1. The van der Waals surface area contributed by atoms with E-state index < -0.39 is 42.1 Å². The molecule has 3 aliphatic heterocycles. The molecule has 1 aromatic rings. The van der Waals surface area contributed by atoms with Crippen molar-refractivity contribution in [1.82, 2.24) is 0 Å². The van der Waals surface area contributed by atoms with Crippen molar-refractivity contribution < 1.29 is 33.2 Å². The molecule has 0 bridgehead atoms. The van der Waals surface area contributed by atoms with Crippen LogP contribution in [0, 0.1) is 0 Å². The molecule has 7 nitrogen and oxygen atoms in total. The summed E-state index contributed by atoms with van der Waals surface area (Å²) in [6, 6.07) is 8.84. The lowest BCUT2D eigenvalue weighted by Gasteiger charge is -2.28. The Hall–Kier alpha value is -1.51. The molecule has 26 heavy (non-hydrogen) atoms. The lowest BCUT2D eigenvalue weighted by Crippen LogP contribution is -2.45. The molecule has 3 heterocycles. The van der Waals surface area contributed by atoms with Crippen molar-refractivity contribution >= 4 is 5.97 Å². The Kier molecular flexibility index (Phi) is 4.32. The van der Waals surface area contributed by atoms with E-state index in [-0.39, 0.29) is 6.10 Å². The number of rotatable bonds is 3. The first-order valence-electron chi connectivity index (χ1n) is 8.83. The topological polar surface area (TPSA) is 72.5 Å². The normalized spacial score (nSPS) is 37.5. The minimum Gasteiger partial charge on any atom is -0.453 e. The van der Waals surface area contributed by atoms with Crippen molar-refractivity contribution in [2.45, 2.75) is 70.0 Å². The van der Waals surface area contributed by atoms with Crippen LogP contribution in [0.5, 0.6) is 0 Å². The van der Waals surface area contributed by atoms with E-state index in [1.165, 1.54) is 0 Å². The van der Waals surface area contributed by atoms with Gasteiger partial charge in [0.2, 0.25) is 0 Å². The van der Waals surface area contributed by atoms with Crippen LogP contribution >= 0.6 is 0 Å². The van der Waals surface area contributed by atoms with E-state index in [4.69, 9.17) is 28.4 Å². The van der Waals surface area contributed by atoms with Gasteiger partial charge in [-0.25, -0.2) is 4.79 Å². The van der Waals surface area contributed by atoms with Crippen LogP contribution < -0.4 is 0 Å². The largest absolute Gasteiger partial charge is 0.453 e. The van der Waals surface area contributed by atoms with Gasteiger partial charge in [0.1, 0.15) is 12.2 Å². The van der Waals surface area contributed by atoms with Crippen molar-refractivity contribution in [3.63, 3.8) is 0 Å². The molecule has 0 saturated carbocycles. The molecular formula is C19H24O7. The summed E-state index contributed by atoms with van der Waals surface area (Å²) in [5.74, 6) is -1.94. The third kappa shape index (κ3) is 3.37. The van der Waals surface area contributed by atoms with Crippen LogP contribution in [0.1, 0.15) is 38.1 Å². The average molecular weight is 364 g/mol. The number of ether oxygens (including phenoxy) is 6. The van der Waals surface area contributed by atoms with Crippen molar-refractivity contribution in [2.75, 3.05) is 6.61 Å². The molecule has 0 radical (unpaired) electrons. The Bertz CT molecular complexity index is 672. The summed E-state index contributed by atoms with van der Waals surface area (Å²) >= 11 is 0. The number of benzene rings is 1. The van der Waals surface area contributed by atoms with Crippen LogP contribution in [0.3, 0.4) is 0 Å². The molecule has 0 unspecified atom stereocenters. The van der Waals surface area contributed by atoms with Crippen LogP contribution in [0.2, 0.25) is 0 Å². The van der Waals surface area contributed by atoms with Gasteiger partial charge in [0.05, 0.1) is 12.2 Å². The summed E-state index contributed by atoms with van der Waals surface area (Å²) in [7, 11) is 0. The Morgan fingerprint density at radius 3 is 2.38 bits per heavy atom. The van der Waals surface area contributed by atoms with Gasteiger partial charge >= 0.3 is 5.97 Å². The highest BCUT2D eigenvalue weighted by atomic mass is 16.8. The predicted octanol–water partition coefficient (Wildman–Crippen LogP) is 2.24. The first kappa shape index (κ1) is 17.9. The molecule has 0 amide bonds.